The fourth-order valence-corrected chi connectivity index (χ4v) is 8.54. The van der Waals surface area contributed by atoms with Gasteiger partial charge in [0.1, 0.15) is 9.83 Å². The van der Waals surface area contributed by atoms with Gasteiger partial charge in [0.15, 0.2) is 5.16 Å². The molecule has 0 saturated heterocycles. The minimum Gasteiger partial charge on any atom is -0.462 e. The maximum absolute atomic E-state index is 13.3. The molecule has 2 aliphatic rings. The zero-order chi connectivity index (χ0) is 25.4. The smallest absolute Gasteiger partial charge is 0.341 e. The lowest BCUT2D eigenvalue weighted by atomic mass is 9.88. The molecule has 0 radical (unpaired) electrons. The van der Waals surface area contributed by atoms with E-state index in [4.69, 9.17) is 9.72 Å². The number of anilines is 1. The van der Waals surface area contributed by atoms with Crippen molar-refractivity contribution >= 4 is 61.5 Å². The summed E-state index contributed by atoms with van der Waals surface area (Å²) in [6.07, 6.45) is 7.40. The van der Waals surface area contributed by atoms with Gasteiger partial charge in [-0.15, -0.1) is 29.3 Å². The Kier molecular flexibility index (Phi) is 7.37. The second-order valence-corrected chi connectivity index (χ2v) is 12.4. The highest BCUT2D eigenvalue weighted by atomic mass is 32.2. The summed E-state index contributed by atoms with van der Waals surface area (Å²) in [6, 6.07) is 0. The third-order valence-electron chi connectivity index (χ3n) is 6.68. The molecule has 3 aromatic rings. The highest BCUT2D eigenvalue weighted by Crippen LogP contribution is 2.40. The van der Waals surface area contributed by atoms with Crippen LogP contribution in [0.15, 0.2) is 22.6 Å². The molecule has 36 heavy (non-hydrogen) atoms. The maximum atomic E-state index is 13.3. The molecule has 0 spiro atoms. The Morgan fingerprint density at radius 3 is 2.86 bits per heavy atom. The Labute approximate surface area is 222 Å². The molecular formula is C26H29N3O4S3. The first-order valence-corrected chi connectivity index (χ1v) is 14.9. The monoisotopic (exact) mass is 543 g/mol. The van der Waals surface area contributed by atoms with Crippen LogP contribution in [0.4, 0.5) is 5.00 Å². The largest absolute Gasteiger partial charge is 0.462 e. The van der Waals surface area contributed by atoms with Gasteiger partial charge in [-0.25, -0.2) is 9.78 Å². The minimum absolute atomic E-state index is 0.0631. The van der Waals surface area contributed by atoms with Crippen LogP contribution in [0, 0.1) is 5.92 Å². The van der Waals surface area contributed by atoms with Gasteiger partial charge >= 0.3 is 5.97 Å². The molecule has 190 valence electrons. The lowest BCUT2D eigenvalue weighted by molar-refractivity contribution is -0.113. The number of hydrogen-bond donors (Lipinski definition) is 1. The van der Waals surface area contributed by atoms with E-state index in [0.717, 1.165) is 64.7 Å². The van der Waals surface area contributed by atoms with Crippen LogP contribution in [0.1, 0.15) is 57.9 Å². The molecule has 3 heterocycles. The van der Waals surface area contributed by atoms with E-state index in [1.165, 1.54) is 28.0 Å². The Bertz CT molecular complexity index is 1420. The molecule has 10 heteroatoms. The third kappa shape index (κ3) is 4.66. The van der Waals surface area contributed by atoms with Crippen molar-refractivity contribution < 1.29 is 14.3 Å². The van der Waals surface area contributed by atoms with E-state index in [9.17, 15) is 14.4 Å². The van der Waals surface area contributed by atoms with Crippen molar-refractivity contribution in [2.24, 2.45) is 5.92 Å². The number of thioether (sulfide) groups is 1. The lowest BCUT2D eigenvalue weighted by Crippen LogP contribution is -2.24. The highest BCUT2D eigenvalue weighted by molar-refractivity contribution is 7.99. The van der Waals surface area contributed by atoms with E-state index in [1.54, 1.807) is 28.9 Å². The number of aryl methyl sites for hydroxylation is 2. The SMILES string of the molecule is C=CCn1c(SCC(=O)Nc2sc3c(c2C(=O)OCC)CC[C@@H](C)C3)nc2sc3c(c2c1=O)CCC3. The second kappa shape index (κ2) is 10.5. The van der Waals surface area contributed by atoms with E-state index in [1.807, 2.05) is 0 Å². The Balaban J connectivity index is 1.39. The van der Waals surface area contributed by atoms with E-state index in [0.29, 0.717) is 28.2 Å². The fourth-order valence-electron chi connectivity index (χ4n) is 5.01. The van der Waals surface area contributed by atoms with E-state index >= 15 is 0 Å². The number of thiophene rings is 2. The Hall–Kier alpha value is -2.43. The van der Waals surface area contributed by atoms with Crippen molar-refractivity contribution in [2.75, 3.05) is 17.7 Å². The van der Waals surface area contributed by atoms with Gasteiger partial charge < -0.3 is 10.1 Å². The maximum Gasteiger partial charge on any atom is 0.341 e. The molecule has 0 unspecified atom stereocenters. The van der Waals surface area contributed by atoms with Gasteiger partial charge in [-0.1, -0.05) is 24.8 Å². The molecule has 0 aromatic carbocycles. The highest BCUT2D eigenvalue weighted by Gasteiger charge is 2.29. The van der Waals surface area contributed by atoms with Crippen LogP contribution in [0.3, 0.4) is 0 Å². The summed E-state index contributed by atoms with van der Waals surface area (Å²) in [5.41, 5.74) is 2.59. The standard InChI is InChI=1S/C26H29N3O4S3/c1-4-11-29-24(31)20-15-7-6-8-17(15)35-22(20)28-26(29)34-13-19(30)27-23-21(25(32)33-5-2)16-10-9-14(3)12-18(16)36-23/h4,14H,1,5-13H2,2-3H3,(H,27,30)/t14-/m1/s1. The van der Waals surface area contributed by atoms with Crippen molar-refractivity contribution in [3.05, 3.63) is 49.5 Å². The van der Waals surface area contributed by atoms with Crippen LogP contribution in [0.25, 0.3) is 10.2 Å². The molecule has 0 aliphatic heterocycles. The molecule has 0 saturated carbocycles. The molecule has 3 aromatic heterocycles. The number of esters is 1. The van der Waals surface area contributed by atoms with Crippen molar-refractivity contribution in [3.63, 3.8) is 0 Å². The molecule has 1 amide bonds. The van der Waals surface area contributed by atoms with Crippen LogP contribution in [-0.4, -0.2) is 33.8 Å². The van der Waals surface area contributed by atoms with Gasteiger partial charge in [0.05, 0.1) is 23.3 Å². The van der Waals surface area contributed by atoms with Gasteiger partial charge in [0.25, 0.3) is 5.56 Å². The Morgan fingerprint density at radius 1 is 1.25 bits per heavy atom. The van der Waals surface area contributed by atoms with Crippen molar-refractivity contribution in [3.8, 4) is 0 Å². The summed E-state index contributed by atoms with van der Waals surface area (Å²) in [5, 5.41) is 4.74. The van der Waals surface area contributed by atoms with Crippen molar-refractivity contribution in [1.82, 2.24) is 9.55 Å². The summed E-state index contributed by atoms with van der Waals surface area (Å²) in [7, 11) is 0. The summed E-state index contributed by atoms with van der Waals surface area (Å²) in [4.78, 5) is 47.0. The zero-order valence-corrected chi connectivity index (χ0v) is 22.9. The minimum atomic E-state index is -0.384. The van der Waals surface area contributed by atoms with Gasteiger partial charge in [-0.05, 0) is 62.5 Å². The normalized spacial score (nSPS) is 16.6. The first-order valence-electron chi connectivity index (χ1n) is 12.3. The van der Waals surface area contributed by atoms with Gasteiger partial charge in [-0.2, -0.15) is 0 Å². The van der Waals surface area contributed by atoms with Crippen LogP contribution in [-0.2, 0) is 41.8 Å². The number of carbonyl (C=O) groups is 2. The van der Waals surface area contributed by atoms with Crippen LogP contribution in [0.5, 0.6) is 0 Å². The molecule has 1 atom stereocenters. The predicted octanol–water partition coefficient (Wildman–Crippen LogP) is 5.23. The third-order valence-corrected chi connectivity index (χ3v) is 10.0. The number of hydrogen-bond acceptors (Lipinski definition) is 8. The zero-order valence-electron chi connectivity index (χ0n) is 20.5. The second-order valence-electron chi connectivity index (χ2n) is 9.25. The molecule has 2 aliphatic carbocycles. The topological polar surface area (TPSA) is 90.3 Å². The quantitative estimate of drug-likeness (QED) is 0.181. The van der Waals surface area contributed by atoms with Crippen molar-refractivity contribution in [2.45, 2.75) is 64.1 Å². The number of nitrogens with zero attached hydrogens (tertiary/aromatic N) is 2. The lowest BCUT2D eigenvalue weighted by Gasteiger charge is -2.18. The first-order chi connectivity index (χ1) is 17.4. The number of fused-ring (bicyclic) bond motifs is 4. The number of amides is 1. The van der Waals surface area contributed by atoms with Crippen LogP contribution in [0.2, 0.25) is 0 Å². The summed E-state index contributed by atoms with van der Waals surface area (Å²) in [6.45, 7) is 8.39. The molecular weight excluding hydrogens is 515 g/mol. The number of rotatable bonds is 8. The van der Waals surface area contributed by atoms with Crippen molar-refractivity contribution in [1.29, 1.82) is 0 Å². The average molecular weight is 544 g/mol. The molecule has 5 rings (SSSR count). The van der Waals surface area contributed by atoms with E-state index in [2.05, 4.69) is 18.8 Å². The van der Waals surface area contributed by atoms with Gasteiger partial charge in [-0.3, -0.25) is 14.2 Å². The molecule has 7 nitrogen and oxygen atoms in total. The number of aromatic nitrogens is 2. The fraction of sp³-hybridized carbons (Fsp3) is 0.462. The Morgan fingerprint density at radius 2 is 2.08 bits per heavy atom. The summed E-state index contributed by atoms with van der Waals surface area (Å²) < 4.78 is 6.91. The first kappa shape index (κ1) is 25.2. The number of nitrogens with one attached hydrogen (secondary N) is 1. The average Bonchev–Trinajstić information content (AvgIpc) is 3.52. The number of ether oxygens (including phenoxy) is 1. The van der Waals surface area contributed by atoms with Crippen LogP contribution < -0.4 is 10.9 Å². The van der Waals surface area contributed by atoms with Gasteiger partial charge in [0.2, 0.25) is 5.91 Å². The van der Waals surface area contributed by atoms with E-state index < -0.39 is 0 Å². The summed E-state index contributed by atoms with van der Waals surface area (Å²) >= 11 is 4.29. The number of allylic oxidation sites excluding steroid dienone is 1. The summed E-state index contributed by atoms with van der Waals surface area (Å²) in [5.74, 6) is -0.0106. The molecule has 1 N–H and O–H groups in total. The predicted molar refractivity (Wildman–Crippen MR) is 147 cm³/mol. The van der Waals surface area contributed by atoms with E-state index in [-0.39, 0.29) is 29.8 Å². The van der Waals surface area contributed by atoms with Gasteiger partial charge in [0, 0.05) is 16.3 Å². The molecule has 0 fully saturated rings. The molecule has 0 bridgehead atoms. The number of carbonyl (C=O) groups excluding carboxylic acids is 2. The van der Waals surface area contributed by atoms with Crippen LogP contribution >= 0.6 is 34.4 Å².